The Morgan fingerprint density at radius 3 is 2.76 bits per heavy atom. The molecule has 2 aliphatic rings. The molecule has 0 saturated carbocycles. The van der Waals surface area contributed by atoms with Crippen LogP contribution >= 0.6 is 0 Å². The zero-order valence-corrected chi connectivity index (χ0v) is 14.7. The van der Waals surface area contributed by atoms with Gasteiger partial charge in [-0.3, -0.25) is 4.79 Å². The van der Waals surface area contributed by atoms with E-state index < -0.39 is 5.66 Å². The highest BCUT2D eigenvalue weighted by atomic mass is 16.5. The molecule has 25 heavy (non-hydrogen) atoms. The predicted molar refractivity (Wildman–Crippen MR) is 99.7 cm³/mol. The number of anilines is 1. The molecule has 0 radical (unpaired) electrons. The summed E-state index contributed by atoms with van der Waals surface area (Å²) in [4.78, 5) is 14.4. The van der Waals surface area contributed by atoms with Crippen molar-refractivity contribution in [1.82, 2.24) is 5.32 Å². The Balaban J connectivity index is 1.81. The minimum absolute atomic E-state index is 0.0536. The first-order valence-corrected chi connectivity index (χ1v) is 8.49. The van der Waals surface area contributed by atoms with E-state index in [4.69, 9.17) is 4.74 Å². The Morgan fingerprint density at radius 1 is 1.16 bits per heavy atom. The zero-order valence-electron chi connectivity index (χ0n) is 14.7. The summed E-state index contributed by atoms with van der Waals surface area (Å²) >= 11 is 0. The van der Waals surface area contributed by atoms with E-state index in [2.05, 4.69) is 54.4 Å². The van der Waals surface area contributed by atoms with Gasteiger partial charge in [-0.15, -0.1) is 0 Å². The van der Waals surface area contributed by atoms with Gasteiger partial charge in [-0.25, -0.2) is 0 Å². The Kier molecular flexibility index (Phi) is 3.39. The predicted octanol–water partition coefficient (Wildman–Crippen LogP) is 3.33. The van der Waals surface area contributed by atoms with Crippen molar-refractivity contribution in [2.75, 3.05) is 18.6 Å². The van der Waals surface area contributed by atoms with E-state index in [1.165, 1.54) is 5.56 Å². The third kappa shape index (κ3) is 2.17. The SMILES string of the molecule is COc1cccc(/C=C/C23NC(=O)CN2c2ccccc2C3(C)C)c1. The molecular weight excluding hydrogens is 312 g/mol. The largest absolute Gasteiger partial charge is 0.497 e. The topological polar surface area (TPSA) is 41.6 Å². The van der Waals surface area contributed by atoms with E-state index in [0.717, 1.165) is 17.0 Å². The summed E-state index contributed by atoms with van der Waals surface area (Å²) in [5, 5.41) is 3.23. The minimum atomic E-state index is -0.559. The molecule has 1 unspecified atom stereocenters. The lowest BCUT2D eigenvalue weighted by Gasteiger charge is -2.40. The molecule has 2 heterocycles. The highest BCUT2D eigenvalue weighted by molar-refractivity contribution is 5.91. The Labute approximate surface area is 148 Å². The molecule has 4 heteroatoms. The molecule has 128 valence electrons. The van der Waals surface area contributed by atoms with Gasteiger partial charge in [0, 0.05) is 11.1 Å². The molecule has 2 aromatic carbocycles. The quantitative estimate of drug-likeness (QED) is 0.936. The van der Waals surface area contributed by atoms with E-state index in [1.54, 1.807) is 7.11 Å². The molecule has 2 aromatic rings. The van der Waals surface area contributed by atoms with Crippen molar-refractivity contribution in [3.8, 4) is 5.75 Å². The van der Waals surface area contributed by atoms with E-state index in [9.17, 15) is 4.79 Å². The first-order chi connectivity index (χ1) is 12.0. The lowest BCUT2D eigenvalue weighted by atomic mass is 9.75. The summed E-state index contributed by atoms with van der Waals surface area (Å²) in [5.74, 6) is 0.874. The molecule has 1 atom stereocenters. The van der Waals surface area contributed by atoms with Crippen molar-refractivity contribution in [1.29, 1.82) is 0 Å². The number of fused-ring (bicyclic) bond motifs is 3. The van der Waals surface area contributed by atoms with Crippen molar-refractivity contribution in [2.45, 2.75) is 24.9 Å². The minimum Gasteiger partial charge on any atom is -0.497 e. The van der Waals surface area contributed by atoms with Gasteiger partial charge in [0.1, 0.15) is 11.4 Å². The van der Waals surface area contributed by atoms with Crippen LogP contribution in [0, 0.1) is 0 Å². The summed E-state index contributed by atoms with van der Waals surface area (Å²) in [6, 6.07) is 16.3. The van der Waals surface area contributed by atoms with Crippen LogP contribution in [0.2, 0.25) is 0 Å². The second-order valence-electron chi connectivity index (χ2n) is 7.15. The number of hydrogen-bond donors (Lipinski definition) is 1. The summed E-state index contributed by atoms with van der Waals surface area (Å²) in [6.45, 7) is 4.75. The number of nitrogens with zero attached hydrogens (tertiary/aromatic N) is 1. The van der Waals surface area contributed by atoms with Crippen molar-refractivity contribution in [3.63, 3.8) is 0 Å². The summed E-state index contributed by atoms with van der Waals surface area (Å²) < 4.78 is 5.31. The number of benzene rings is 2. The van der Waals surface area contributed by atoms with Crippen LogP contribution in [0.4, 0.5) is 5.69 Å². The van der Waals surface area contributed by atoms with E-state index in [-0.39, 0.29) is 11.3 Å². The normalized spacial score (nSPS) is 23.5. The first-order valence-electron chi connectivity index (χ1n) is 8.49. The lowest BCUT2D eigenvalue weighted by Crippen LogP contribution is -2.58. The molecule has 4 rings (SSSR count). The highest BCUT2D eigenvalue weighted by Crippen LogP contribution is 2.52. The van der Waals surface area contributed by atoms with Crippen molar-refractivity contribution in [3.05, 3.63) is 65.7 Å². The monoisotopic (exact) mass is 334 g/mol. The molecular formula is C21H22N2O2. The summed E-state index contributed by atoms with van der Waals surface area (Å²) in [7, 11) is 1.66. The van der Waals surface area contributed by atoms with Crippen LogP contribution in [-0.2, 0) is 10.2 Å². The number of methoxy groups -OCH3 is 1. The molecule has 1 amide bonds. The summed E-state index contributed by atoms with van der Waals surface area (Å²) in [6.07, 6.45) is 4.18. The van der Waals surface area contributed by atoms with Gasteiger partial charge in [-0.1, -0.05) is 50.3 Å². The maximum atomic E-state index is 12.3. The summed E-state index contributed by atoms with van der Waals surface area (Å²) in [5.41, 5.74) is 2.62. The van der Waals surface area contributed by atoms with E-state index in [1.807, 2.05) is 30.3 Å². The molecule has 2 aliphatic heterocycles. The molecule has 1 fully saturated rings. The third-order valence-corrected chi connectivity index (χ3v) is 5.49. The standard InChI is InChI=1S/C21H22N2O2/c1-20(2)17-9-4-5-10-18(17)23-14-19(24)22-21(20,23)12-11-15-7-6-8-16(13-15)25-3/h4-13H,14H2,1-3H3,(H,22,24)/b12-11+. The molecule has 1 saturated heterocycles. The molecule has 0 aromatic heterocycles. The van der Waals surface area contributed by atoms with Gasteiger partial charge >= 0.3 is 0 Å². The highest BCUT2D eigenvalue weighted by Gasteiger charge is 2.59. The maximum Gasteiger partial charge on any atom is 0.241 e. The van der Waals surface area contributed by atoms with E-state index >= 15 is 0 Å². The number of amides is 1. The van der Waals surface area contributed by atoms with Crippen LogP contribution in [0.15, 0.2) is 54.6 Å². The van der Waals surface area contributed by atoms with Crippen LogP contribution < -0.4 is 15.0 Å². The van der Waals surface area contributed by atoms with Crippen LogP contribution in [0.1, 0.15) is 25.0 Å². The Bertz CT molecular complexity index is 872. The van der Waals surface area contributed by atoms with Gasteiger partial charge < -0.3 is 15.0 Å². The number of carbonyl (C=O) groups excluding carboxylic acids is 1. The van der Waals surface area contributed by atoms with Gasteiger partial charge in [-0.2, -0.15) is 0 Å². The average Bonchev–Trinajstić information content (AvgIpc) is 3.05. The van der Waals surface area contributed by atoms with Crippen molar-refractivity contribution in [2.24, 2.45) is 0 Å². The lowest BCUT2D eigenvalue weighted by molar-refractivity contribution is -0.118. The van der Waals surface area contributed by atoms with Gasteiger partial charge in [0.2, 0.25) is 5.91 Å². The zero-order chi connectivity index (χ0) is 17.7. The number of nitrogens with one attached hydrogen (secondary N) is 1. The van der Waals surface area contributed by atoms with E-state index in [0.29, 0.717) is 6.54 Å². The smallest absolute Gasteiger partial charge is 0.241 e. The van der Waals surface area contributed by atoms with Crippen molar-refractivity contribution < 1.29 is 9.53 Å². The fourth-order valence-corrected chi connectivity index (χ4v) is 4.10. The van der Waals surface area contributed by atoms with Crippen LogP contribution in [0.5, 0.6) is 5.75 Å². The van der Waals surface area contributed by atoms with Gasteiger partial charge in [0.05, 0.1) is 13.7 Å². The second-order valence-corrected chi connectivity index (χ2v) is 7.15. The second kappa shape index (κ2) is 5.38. The average molecular weight is 334 g/mol. The van der Waals surface area contributed by atoms with Crippen molar-refractivity contribution >= 4 is 17.7 Å². The number of para-hydroxylation sites is 1. The number of carbonyl (C=O) groups is 1. The van der Waals surface area contributed by atoms with Crippen LogP contribution in [0.3, 0.4) is 0 Å². The van der Waals surface area contributed by atoms with Gasteiger partial charge in [0.25, 0.3) is 0 Å². The fourth-order valence-electron chi connectivity index (χ4n) is 4.10. The molecule has 0 spiro atoms. The molecule has 1 N–H and O–H groups in total. The van der Waals surface area contributed by atoms with Gasteiger partial charge in [-0.05, 0) is 35.4 Å². The van der Waals surface area contributed by atoms with Crippen LogP contribution in [0.25, 0.3) is 6.08 Å². The number of hydrogen-bond acceptors (Lipinski definition) is 3. The Hall–Kier alpha value is -2.75. The fraction of sp³-hybridized carbons (Fsp3) is 0.286. The number of rotatable bonds is 3. The van der Waals surface area contributed by atoms with Gasteiger partial charge in [0.15, 0.2) is 0 Å². The maximum absolute atomic E-state index is 12.3. The molecule has 0 bridgehead atoms. The molecule has 4 nitrogen and oxygen atoms in total. The third-order valence-electron chi connectivity index (χ3n) is 5.49. The Morgan fingerprint density at radius 2 is 1.96 bits per heavy atom. The first kappa shape index (κ1) is 15.8. The number of ether oxygens (including phenoxy) is 1. The van der Waals surface area contributed by atoms with Crippen LogP contribution in [-0.4, -0.2) is 25.2 Å². The molecule has 0 aliphatic carbocycles.